The monoisotopic (exact) mass is 958 g/mol. The van der Waals surface area contributed by atoms with E-state index in [2.05, 4.69) is 98.4 Å². The minimum absolute atomic E-state index is 0.392. The third-order valence-corrected chi connectivity index (χ3v) is 14.5. The number of piperidine rings is 1. The quantitative estimate of drug-likeness (QED) is 0.0999. The zero-order valence-electron chi connectivity index (χ0n) is 39.9. The number of aliphatic hydroxyl groups excluding tert-OH is 4. The summed E-state index contributed by atoms with van der Waals surface area (Å²) >= 11 is 0. The van der Waals surface area contributed by atoms with Crippen LogP contribution in [0, 0.1) is 0 Å². The Bertz CT molecular complexity index is 2440. The largest absolute Gasteiger partial charge is 0.441 e. The predicted octanol–water partition coefficient (Wildman–Crippen LogP) is 5.74. The van der Waals surface area contributed by atoms with Crippen LogP contribution in [0.5, 0.6) is 0 Å². The Balaban J connectivity index is 0.000000174. The fourth-order valence-electron chi connectivity index (χ4n) is 10.3. The molecule has 2 aromatic carbocycles. The van der Waals surface area contributed by atoms with Crippen LogP contribution in [0.1, 0.15) is 67.9 Å². The predicted molar refractivity (Wildman–Crippen MR) is 268 cm³/mol. The highest BCUT2D eigenvalue weighted by atomic mass is 16.6. The van der Waals surface area contributed by atoms with E-state index in [1.54, 1.807) is 16.0 Å². The first kappa shape index (κ1) is 48.8. The Morgan fingerprint density at radius 3 is 1.33 bits per heavy atom. The molecule has 372 valence electrons. The lowest BCUT2D eigenvalue weighted by Gasteiger charge is -2.36. The first-order valence-corrected chi connectivity index (χ1v) is 25.0. The molecule has 4 aromatic heterocycles. The number of hydrogen-bond donors (Lipinski definition) is 5. The van der Waals surface area contributed by atoms with Gasteiger partial charge in [0.1, 0.15) is 12.2 Å². The van der Waals surface area contributed by atoms with Crippen LogP contribution >= 0.6 is 0 Å². The van der Waals surface area contributed by atoms with Gasteiger partial charge in [-0.1, -0.05) is 67.8 Å². The molecule has 1 saturated carbocycles. The first-order chi connectivity index (χ1) is 34.3. The first-order valence-electron chi connectivity index (χ1n) is 25.0. The van der Waals surface area contributed by atoms with Crippen LogP contribution in [0.4, 0.5) is 21.0 Å². The summed E-state index contributed by atoms with van der Waals surface area (Å²) in [7, 11) is 0. The molecule has 4 fully saturated rings. The third-order valence-electron chi connectivity index (χ3n) is 14.5. The number of benzene rings is 2. The molecule has 70 heavy (non-hydrogen) atoms. The van der Waals surface area contributed by atoms with Crippen molar-refractivity contribution in [1.29, 1.82) is 0 Å². The maximum absolute atomic E-state index is 12.3. The minimum Gasteiger partial charge on any atom is -0.441 e. The Labute approximate surface area is 408 Å². The molecule has 17 heteroatoms. The molecule has 0 bridgehead atoms. The summed E-state index contributed by atoms with van der Waals surface area (Å²) < 4.78 is 14.1. The molecule has 0 spiro atoms. The number of fused-ring (bicyclic) bond motifs is 2. The molecule has 6 aromatic rings. The van der Waals surface area contributed by atoms with E-state index in [1.165, 1.54) is 67.2 Å². The number of carbonyl (C=O) groups excluding carboxylic acids is 2. The van der Waals surface area contributed by atoms with Crippen molar-refractivity contribution in [1.82, 2.24) is 34.3 Å². The highest BCUT2D eigenvalue weighted by molar-refractivity contribution is 5.81. The smallest absolute Gasteiger partial charge is 0.410 e. The van der Waals surface area contributed by atoms with Crippen molar-refractivity contribution < 1.29 is 39.5 Å². The van der Waals surface area contributed by atoms with E-state index in [4.69, 9.17) is 29.9 Å². The van der Waals surface area contributed by atoms with E-state index in [9.17, 15) is 9.59 Å². The zero-order valence-corrected chi connectivity index (χ0v) is 39.9. The van der Waals surface area contributed by atoms with Gasteiger partial charge in [-0.3, -0.25) is 0 Å². The molecule has 3 aliphatic heterocycles. The molecule has 0 radical (unpaired) electrons. The average molecular weight is 958 g/mol. The Kier molecular flexibility index (Phi) is 16.1. The van der Waals surface area contributed by atoms with Crippen LogP contribution in [0.15, 0.2) is 97.6 Å². The number of anilines is 2. The van der Waals surface area contributed by atoms with Crippen molar-refractivity contribution in [3.8, 4) is 22.3 Å². The Morgan fingerprint density at radius 2 is 0.929 bits per heavy atom. The second-order valence-electron chi connectivity index (χ2n) is 18.8. The lowest BCUT2D eigenvalue weighted by Crippen LogP contribution is -2.50. The van der Waals surface area contributed by atoms with Crippen molar-refractivity contribution in [2.24, 2.45) is 0 Å². The van der Waals surface area contributed by atoms with Gasteiger partial charge in [-0.25, -0.2) is 18.6 Å². The molecule has 0 atom stereocenters. The number of piperazine rings is 2. The third kappa shape index (κ3) is 11.3. The minimum atomic E-state index is -0.881. The SMILES string of the molecule is O=C(OC(CO)CO)N1CCN(c2ccnn3cc(-c4ccc(C5CCCCC5)cc4)cc23)CC1.O=C(OC(CO)CO)N1CCN(c2ccnn3cc(-c4ccc(C5CCNCC5)cc4)cc23)CC1. The van der Waals surface area contributed by atoms with E-state index < -0.39 is 50.8 Å². The van der Waals surface area contributed by atoms with E-state index in [0.717, 1.165) is 46.6 Å². The van der Waals surface area contributed by atoms with E-state index >= 15 is 0 Å². The normalized spacial score (nSPS) is 17.3. The molecule has 2 amide bonds. The molecule has 3 saturated heterocycles. The van der Waals surface area contributed by atoms with Crippen LogP contribution in [0.2, 0.25) is 0 Å². The number of aromatic nitrogens is 4. The number of amides is 2. The zero-order chi connectivity index (χ0) is 48.4. The Hall–Kier alpha value is -6.24. The number of hydrogen-bond acceptors (Lipinski definition) is 13. The number of nitrogens with one attached hydrogen (secondary N) is 1. The van der Waals surface area contributed by atoms with E-state index in [1.807, 2.05) is 27.4 Å². The standard InChI is InChI=1S/C27H34N4O4.C26H33N5O4/c32-18-24(19-33)35-27(34)30-14-12-29(13-15-30)25-10-11-28-31-17-23(16-26(25)31)22-8-6-21(7-9-22)20-4-2-1-3-5-20;32-17-23(18-33)35-26(34)30-13-11-29(12-14-30)24-7-10-28-31-16-22(15-25(24)31)20-3-1-19(2-4-20)21-5-8-27-9-6-21/h6-11,16-17,20,24,32-33H,1-5,12-15,18-19H2;1-4,7,10,15-16,21,23,27,32-33H,5-6,8-9,11-14,17-18H2. The highest BCUT2D eigenvalue weighted by Crippen LogP contribution is 2.35. The summed E-state index contributed by atoms with van der Waals surface area (Å²) in [5, 5.41) is 49.1. The average Bonchev–Trinajstić information content (AvgIpc) is 4.08. The van der Waals surface area contributed by atoms with Gasteiger partial charge in [0, 0.05) is 88.3 Å². The topological polar surface area (TPSA) is 193 Å². The number of ether oxygens (including phenoxy) is 2. The summed E-state index contributed by atoms with van der Waals surface area (Å²) in [5.41, 5.74) is 11.7. The van der Waals surface area contributed by atoms with Crippen LogP contribution in [0.25, 0.3) is 33.3 Å². The number of carbonyl (C=O) groups is 2. The van der Waals surface area contributed by atoms with Crippen LogP contribution < -0.4 is 15.1 Å². The van der Waals surface area contributed by atoms with Gasteiger partial charge in [0.25, 0.3) is 0 Å². The summed E-state index contributed by atoms with van der Waals surface area (Å²) in [6, 6.07) is 26.4. The molecule has 5 N–H and O–H groups in total. The summed E-state index contributed by atoms with van der Waals surface area (Å²) in [6.07, 6.45) is 14.0. The van der Waals surface area contributed by atoms with Gasteiger partial charge in [0.2, 0.25) is 0 Å². The fourth-order valence-corrected chi connectivity index (χ4v) is 10.3. The summed E-state index contributed by atoms with van der Waals surface area (Å²) in [4.78, 5) is 32.4. The lowest BCUT2D eigenvalue weighted by atomic mass is 9.84. The van der Waals surface area contributed by atoms with Gasteiger partial charge < -0.3 is 54.8 Å². The lowest BCUT2D eigenvalue weighted by molar-refractivity contribution is 0.00406. The van der Waals surface area contributed by atoms with Gasteiger partial charge in [0.05, 0.1) is 48.8 Å². The molecule has 1 aliphatic carbocycles. The van der Waals surface area contributed by atoms with Gasteiger partial charge >= 0.3 is 12.2 Å². The van der Waals surface area contributed by atoms with E-state index in [-0.39, 0.29) is 0 Å². The summed E-state index contributed by atoms with van der Waals surface area (Å²) in [6.45, 7) is 5.26. The maximum Gasteiger partial charge on any atom is 0.410 e. The number of rotatable bonds is 12. The highest BCUT2D eigenvalue weighted by Gasteiger charge is 2.28. The van der Waals surface area contributed by atoms with Gasteiger partial charge in [-0.05, 0) is 97.1 Å². The number of nitrogens with zero attached hydrogens (tertiary/aromatic N) is 8. The molecule has 0 unspecified atom stereocenters. The van der Waals surface area contributed by atoms with E-state index in [0.29, 0.717) is 64.2 Å². The maximum atomic E-state index is 12.3. The van der Waals surface area contributed by atoms with Crippen LogP contribution in [-0.4, -0.2) is 166 Å². The molecule has 10 rings (SSSR count). The second kappa shape index (κ2) is 23.1. The fraction of sp³-hybridized carbons (Fsp3) is 0.472. The van der Waals surface area contributed by atoms with Crippen molar-refractivity contribution >= 4 is 34.6 Å². The van der Waals surface area contributed by atoms with Gasteiger partial charge in [0.15, 0.2) is 0 Å². The molecular formula is C53H67N9O8. The van der Waals surface area contributed by atoms with Crippen molar-refractivity contribution in [2.75, 3.05) is 102 Å². The second-order valence-corrected chi connectivity index (χ2v) is 18.8. The number of aliphatic hydroxyl groups is 4. The van der Waals surface area contributed by atoms with Crippen LogP contribution in [-0.2, 0) is 9.47 Å². The molecule has 7 heterocycles. The van der Waals surface area contributed by atoms with Crippen molar-refractivity contribution in [2.45, 2.75) is 69.0 Å². The molecule has 17 nitrogen and oxygen atoms in total. The summed E-state index contributed by atoms with van der Waals surface area (Å²) in [5.74, 6) is 1.34. The van der Waals surface area contributed by atoms with Crippen molar-refractivity contribution in [3.05, 3.63) is 109 Å². The molecular weight excluding hydrogens is 891 g/mol. The molecule has 4 aliphatic rings. The van der Waals surface area contributed by atoms with Gasteiger partial charge in [-0.2, -0.15) is 10.2 Å². The van der Waals surface area contributed by atoms with Crippen molar-refractivity contribution in [3.63, 3.8) is 0 Å². The Morgan fingerprint density at radius 1 is 0.529 bits per heavy atom. The van der Waals surface area contributed by atoms with Crippen LogP contribution in [0.3, 0.4) is 0 Å². The van der Waals surface area contributed by atoms with Gasteiger partial charge in [-0.15, -0.1) is 0 Å².